The highest BCUT2D eigenvalue weighted by Gasteiger charge is 2.18. The maximum Gasteiger partial charge on any atom is 0.0961 e. The molecule has 1 saturated carbocycles. The van der Waals surface area contributed by atoms with Crippen molar-refractivity contribution in [2.75, 3.05) is 0 Å². The van der Waals surface area contributed by atoms with Crippen LogP contribution in [0, 0.1) is 12.8 Å². The lowest BCUT2D eigenvalue weighted by atomic mass is 9.99. The van der Waals surface area contributed by atoms with E-state index >= 15 is 0 Å². The molecule has 1 aliphatic carbocycles. The highest BCUT2D eigenvalue weighted by atomic mass is 35.5. The second-order valence-electron chi connectivity index (χ2n) is 4.85. The van der Waals surface area contributed by atoms with E-state index in [2.05, 4.69) is 0 Å². The van der Waals surface area contributed by atoms with Gasteiger partial charge < -0.3 is 5.11 Å². The maximum absolute atomic E-state index is 10.1. The van der Waals surface area contributed by atoms with Crippen LogP contribution in [0.25, 0.3) is 0 Å². The zero-order valence-electron chi connectivity index (χ0n) is 9.71. The predicted octanol–water partition coefficient (Wildman–Crippen LogP) is 4.71. The molecule has 0 aliphatic heterocycles. The van der Waals surface area contributed by atoms with Crippen LogP contribution in [-0.2, 0) is 0 Å². The van der Waals surface area contributed by atoms with E-state index in [1.54, 1.807) is 0 Å². The molecular weight excluding hydrogens is 240 g/mol. The minimum absolute atomic E-state index is 0.309. The lowest BCUT2D eigenvalue weighted by Gasteiger charge is -2.12. The summed E-state index contributed by atoms with van der Waals surface area (Å²) in [5.74, 6) is 0.853. The van der Waals surface area contributed by atoms with E-state index in [4.69, 9.17) is 11.6 Å². The van der Waals surface area contributed by atoms with Gasteiger partial charge in [0.25, 0.3) is 0 Å². The Morgan fingerprint density at radius 3 is 2.75 bits per heavy atom. The molecule has 1 unspecified atom stereocenters. The predicted molar refractivity (Wildman–Crippen MR) is 70.2 cm³/mol. The minimum Gasteiger partial charge on any atom is -0.388 e. The fraction of sp³-hybridized carbons (Fsp3) is 0.692. The van der Waals surface area contributed by atoms with E-state index in [1.807, 2.05) is 13.0 Å². The Hall–Kier alpha value is -0.0500. The van der Waals surface area contributed by atoms with Crippen molar-refractivity contribution in [2.24, 2.45) is 5.92 Å². The van der Waals surface area contributed by atoms with Crippen molar-refractivity contribution < 1.29 is 5.11 Å². The van der Waals surface area contributed by atoms with Gasteiger partial charge in [-0.15, -0.1) is 11.3 Å². The highest BCUT2D eigenvalue weighted by Crippen LogP contribution is 2.35. The van der Waals surface area contributed by atoms with Gasteiger partial charge in [0.1, 0.15) is 0 Å². The molecule has 0 spiro atoms. The molecule has 1 heterocycles. The summed E-state index contributed by atoms with van der Waals surface area (Å²) in [5.41, 5.74) is 1.08. The molecular formula is C13H19ClOS. The van der Waals surface area contributed by atoms with Crippen LogP contribution in [0.3, 0.4) is 0 Å². The Morgan fingerprint density at radius 2 is 2.19 bits per heavy atom. The summed E-state index contributed by atoms with van der Waals surface area (Å²) >= 11 is 7.53. The standard InChI is InChI=1S/C13H19ClOS/c1-9-8-12(16-13(9)14)11(15)7-6-10-4-2-3-5-10/h8,10-11,15H,2-7H2,1H3. The van der Waals surface area contributed by atoms with Crippen molar-refractivity contribution in [3.8, 4) is 0 Å². The monoisotopic (exact) mass is 258 g/mol. The summed E-state index contributed by atoms with van der Waals surface area (Å²) in [4.78, 5) is 1.03. The Kier molecular flexibility index (Phi) is 4.28. The number of aliphatic hydroxyl groups excluding tert-OH is 1. The summed E-state index contributed by atoms with van der Waals surface area (Å²) in [6.07, 6.45) is 7.22. The Bertz CT molecular complexity index is 322. The molecule has 0 bridgehead atoms. The van der Waals surface area contributed by atoms with Gasteiger partial charge in [-0.1, -0.05) is 37.3 Å². The molecule has 1 N–H and O–H groups in total. The van der Waals surface area contributed by atoms with Crippen LogP contribution in [0.4, 0.5) is 0 Å². The summed E-state index contributed by atoms with van der Waals surface area (Å²) < 4.78 is 0.815. The molecule has 0 amide bonds. The Labute approximate surface area is 106 Å². The minimum atomic E-state index is -0.309. The van der Waals surface area contributed by atoms with Crippen molar-refractivity contribution in [3.05, 3.63) is 20.8 Å². The van der Waals surface area contributed by atoms with Gasteiger partial charge in [0.15, 0.2) is 0 Å². The van der Waals surface area contributed by atoms with Gasteiger partial charge in [0.2, 0.25) is 0 Å². The summed E-state index contributed by atoms with van der Waals surface area (Å²) in [6, 6.07) is 2.02. The topological polar surface area (TPSA) is 20.2 Å². The van der Waals surface area contributed by atoms with Crippen LogP contribution < -0.4 is 0 Å². The molecule has 1 nitrogen and oxygen atoms in total. The third kappa shape index (κ3) is 2.99. The lowest BCUT2D eigenvalue weighted by Crippen LogP contribution is -1.99. The molecule has 1 aliphatic rings. The summed E-state index contributed by atoms with van der Waals surface area (Å²) in [7, 11) is 0. The number of rotatable bonds is 4. The van der Waals surface area contributed by atoms with Gasteiger partial charge >= 0.3 is 0 Å². The number of thiophene rings is 1. The first kappa shape index (κ1) is 12.4. The van der Waals surface area contributed by atoms with Gasteiger partial charge in [-0.3, -0.25) is 0 Å². The van der Waals surface area contributed by atoms with Crippen LogP contribution in [0.5, 0.6) is 0 Å². The molecule has 2 rings (SSSR count). The molecule has 3 heteroatoms. The molecule has 1 atom stereocenters. The lowest BCUT2D eigenvalue weighted by molar-refractivity contribution is 0.160. The average molecular weight is 259 g/mol. The normalized spacial score (nSPS) is 19.2. The zero-order chi connectivity index (χ0) is 11.5. The zero-order valence-corrected chi connectivity index (χ0v) is 11.3. The van der Waals surface area contributed by atoms with E-state index in [0.717, 1.165) is 33.5 Å². The molecule has 0 radical (unpaired) electrons. The number of aryl methyl sites for hydroxylation is 1. The first-order valence-electron chi connectivity index (χ1n) is 6.10. The van der Waals surface area contributed by atoms with Gasteiger partial charge in [0, 0.05) is 4.88 Å². The summed E-state index contributed by atoms with van der Waals surface area (Å²) in [5, 5.41) is 10.1. The molecule has 0 aromatic carbocycles. The number of hydrogen-bond acceptors (Lipinski definition) is 2. The smallest absolute Gasteiger partial charge is 0.0961 e. The van der Waals surface area contributed by atoms with E-state index < -0.39 is 0 Å². The average Bonchev–Trinajstić information content (AvgIpc) is 2.86. The molecule has 0 saturated heterocycles. The third-order valence-electron chi connectivity index (χ3n) is 3.53. The molecule has 1 aromatic heterocycles. The van der Waals surface area contributed by atoms with Gasteiger partial charge in [-0.25, -0.2) is 0 Å². The van der Waals surface area contributed by atoms with Crippen molar-refractivity contribution in [2.45, 2.75) is 51.6 Å². The highest BCUT2D eigenvalue weighted by molar-refractivity contribution is 7.16. The first-order valence-corrected chi connectivity index (χ1v) is 7.30. The summed E-state index contributed by atoms with van der Waals surface area (Å²) in [6.45, 7) is 1.99. The second-order valence-corrected chi connectivity index (χ2v) is 6.53. The van der Waals surface area contributed by atoms with Crippen molar-refractivity contribution >= 4 is 22.9 Å². The van der Waals surface area contributed by atoms with Crippen LogP contribution in [0.2, 0.25) is 4.34 Å². The van der Waals surface area contributed by atoms with Crippen molar-refractivity contribution in [1.29, 1.82) is 0 Å². The van der Waals surface area contributed by atoms with E-state index in [9.17, 15) is 5.11 Å². The van der Waals surface area contributed by atoms with Crippen LogP contribution in [0.1, 0.15) is 55.1 Å². The molecule has 1 aromatic rings. The Balaban J connectivity index is 1.84. The molecule has 1 fully saturated rings. The van der Waals surface area contributed by atoms with Gasteiger partial charge in [0.05, 0.1) is 10.4 Å². The quantitative estimate of drug-likeness (QED) is 0.829. The maximum atomic E-state index is 10.1. The van der Waals surface area contributed by atoms with Gasteiger partial charge in [-0.2, -0.15) is 0 Å². The van der Waals surface area contributed by atoms with Crippen LogP contribution in [-0.4, -0.2) is 5.11 Å². The number of halogens is 1. The molecule has 16 heavy (non-hydrogen) atoms. The van der Waals surface area contributed by atoms with E-state index in [0.29, 0.717) is 0 Å². The molecule has 90 valence electrons. The fourth-order valence-corrected chi connectivity index (χ4v) is 3.72. The number of hydrogen-bond donors (Lipinski definition) is 1. The van der Waals surface area contributed by atoms with Crippen molar-refractivity contribution in [3.63, 3.8) is 0 Å². The first-order chi connectivity index (χ1) is 7.66. The SMILES string of the molecule is Cc1cc(C(O)CCC2CCCC2)sc1Cl. The fourth-order valence-electron chi connectivity index (χ4n) is 2.48. The van der Waals surface area contributed by atoms with E-state index in [1.165, 1.54) is 37.0 Å². The van der Waals surface area contributed by atoms with E-state index in [-0.39, 0.29) is 6.10 Å². The Morgan fingerprint density at radius 1 is 1.50 bits per heavy atom. The van der Waals surface area contributed by atoms with Crippen LogP contribution >= 0.6 is 22.9 Å². The van der Waals surface area contributed by atoms with Gasteiger partial charge in [-0.05, 0) is 37.3 Å². The van der Waals surface area contributed by atoms with Crippen LogP contribution in [0.15, 0.2) is 6.07 Å². The van der Waals surface area contributed by atoms with Crippen molar-refractivity contribution in [1.82, 2.24) is 0 Å². The number of aliphatic hydroxyl groups is 1. The largest absolute Gasteiger partial charge is 0.388 e. The third-order valence-corrected chi connectivity index (χ3v) is 5.18. The second kappa shape index (κ2) is 5.52.